The minimum absolute atomic E-state index is 0.00831. The van der Waals surface area contributed by atoms with Crippen LogP contribution in [0.15, 0.2) is 53.4 Å². The molecule has 0 bridgehead atoms. The highest BCUT2D eigenvalue weighted by atomic mass is 32.2. The monoisotopic (exact) mass is 345 g/mol. The van der Waals surface area contributed by atoms with Gasteiger partial charge in [-0.15, -0.1) is 0 Å². The number of benzene rings is 2. The number of hydrogen-bond acceptors (Lipinski definition) is 3. The average molecular weight is 345 g/mol. The predicted octanol–water partition coefficient (Wildman–Crippen LogP) is 3.37. The molecule has 4 rings (SSSR count). The summed E-state index contributed by atoms with van der Waals surface area (Å²) < 4.78 is 38.6. The van der Waals surface area contributed by atoms with E-state index >= 15 is 0 Å². The van der Waals surface area contributed by atoms with Gasteiger partial charge < -0.3 is 5.32 Å². The molecule has 1 saturated carbocycles. The summed E-state index contributed by atoms with van der Waals surface area (Å²) in [7, 11) is -3.17. The molecule has 0 saturated heterocycles. The highest BCUT2D eigenvalue weighted by Gasteiger charge is 2.46. The molecule has 0 amide bonds. The van der Waals surface area contributed by atoms with Crippen LogP contribution in [0.5, 0.6) is 0 Å². The second-order valence-corrected chi connectivity index (χ2v) is 8.92. The van der Waals surface area contributed by atoms with Crippen molar-refractivity contribution < 1.29 is 12.8 Å². The van der Waals surface area contributed by atoms with Crippen LogP contribution >= 0.6 is 0 Å². The van der Waals surface area contributed by atoms with Crippen molar-refractivity contribution in [2.24, 2.45) is 0 Å². The third-order valence-corrected chi connectivity index (χ3v) is 7.11. The lowest BCUT2D eigenvalue weighted by Gasteiger charge is -2.28. The minimum Gasteiger partial charge on any atom is -0.309 e. The summed E-state index contributed by atoms with van der Waals surface area (Å²) in [6.07, 6.45) is 2.49. The van der Waals surface area contributed by atoms with Crippen molar-refractivity contribution >= 4 is 9.84 Å². The topological polar surface area (TPSA) is 46.2 Å². The molecule has 3 nitrogen and oxygen atoms in total. The number of sulfone groups is 1. The predicted molar refractivity (Wildman–Crippen MR) is 91.2 cm³/mol. The number of fused-ring (bicyclic) bond motifs is 1. The highest BCUT2D eigenvalue weighted by Crippen LogP contribution is 2.49. The molecule has 2 aromatic carbocycles. The zero-order chi connectivity index (χ0) is 16.8. The van der Waals surface area contributed by atoms with Crippen LogP contribution in [0.3, 0.4) is 0 Å². The second kappa shape index (κ2) is 5.67. The molecule has 1 aliphatic carbocycles. The van der Waals surface area contributed by atoms with Gasteiger partial charge in [-0.2, -0.15) is 0 Å². The Bertz CT molecular complexity index is 874. The Hall–Kier alpha value is -1.72. The quantitative estimate of drug-likeness (QED) is 0.924. The normalized spacial score (nSPS) is 23.5. The van der Waals surface area contributed by atoms with Crippen molar-refractivity contribution in [3.05, 3.63) is 65.5 Å². The lowest BCUT2D eigenvalue weighted by atomic mass is 9.94. The molecule has 24 heavy (non-hydrogen) atoms. The molecule has 1 atom stereocenters. The standard InChI is InChI=1S/C19H20FNO2S/c20-16-7-3-2-6-15(16)19(10-11-19)13-21-17-9-12-24(22,23)18-8-4-1-5-14(17)18/h1-8,17,21H,9-13H2/t17-/m1/s1. The van der Waals surface area contributed by atoms with Gasteiger partial charge in [0.2, 0.25) is 0 Å². The molecule has 1 heterocycles. The highest BCUT2D eigenvalue weighted by molar-refractivity contribution is 7.91. The van der Waals surface area contributed by atoms with Gasteiger partial charge in [-0.25, -0.2) is 12.8 Å². The molecule has 2 aromatic rings. The summed E-state index contributed by atoms with van der Waals surface area (Å²) in [5.74, 6) is 0.0115. The molecule has 0 unspecified atom stereocenters. The van der Waals surface area contributed by atoms with E-state index in [2.05, 4.69) is 5.32 Å². The van der Waals surface area contributed by atoms with E-state index in [0.717, 1.165) is 24.0 Å². The molecule has 1 fully saturated rings. The van der Waals surface area contributed by atoms with Gasteiger partial charge in [-0.05, 0) is 42.5 Å². The summed E-state index contributed by atoms with van der Waals surface area (Å²) in [6.45, 7) is 0.674. The van der Waals surface area contributed by atoms with Gasteiger partial charge in [0.15, 0.2) is 9.84 Å². The lowest BCUT2D eigenvalue weighted by Crippen LogP contribution is -2.35. The Morgan fingerprint density at radius 1 is 1.08 bits per heavy atom. The first-order valence-electron chi connectivity index (χ1n) is 8.32. The third-order valence-electron chi connectivity index (χ3n) is 5.29. The molecular formula is C19H20FNO2S. The van der Waals surface area contributed by atoms with E-state index in [1.165, 1.54) is 6.07 Å². The fraction of sp³-hybridized carbons (Fsp3) is 0.368. The average Bonchev–Trinajstić information content (AvgIpc) is 3.36. The van der Waals surface area contributed by atoms with Gasteiger partial charge >= 0.3 is 0 Å². The first kappa shape index (κ1) is 15.8. The molecule has 0 radical (unpaired) electrons. The van der Waals surface area contributed by atoms with Gasteiger partial charge in [-0.1, -0.05) is 36.4 Å². The Morgan fingerprint density at radius 3 is 2.54 bits per heavy atom. The summed E-state index contributed by atoms with van der Waals surface area (Å²) in [5, 5.41) is 3.51. The van der Waals surface area contributed by atoms with Gasteiger partial charge in [0.25, 0.3) is 0 Å². The number of nitrogens with one attached hydrogen (secondary N) is 1. The maximum Gasteiger partial charge on any atom is 0.178 e. The second-order valence-electron chi connectivity index (χ2n) is 6.84. The van der Waals surface area contributed by atoms with E-state index in [0.29, 0.717) is 17.9 Å². The van der Waals surface area contributed by atoms with E-state index in [1.807, 2.05) is 24.3 Å². The molecule has 1 aliphatic heterocycles. The van der Waals surface area contributed by atoms with Crippen molar-refractivity contribution in [2.75, 3.05) is 12.3 Å². The molecule has 0 aromatic heterocycles. The molecule has 126 valence electrons. The summed E-state index contributed by atoms with van der Waals surface area (Å²) >= 11 is 0. The van der Waals surface area contributed by atoms with Crippen molar-refractivity contribution in [1.82, 2.24) is 5.32 Å². The number of rotatable bonds is 4. The van der Waals surface area contributed by atoms with Crippen LogP contribution in [0.4, 0.5) is 4.39 Å². The van der Waals surface area contributed by atoms with Crippen molar-refractivity contribution in [3.8, 4) is 0 Å². The van der Waals surface area contributed by atoms with Gasteiger partial charge in [0, 0.05) is 18.0 Å². The van der Waals surface area contributed by atoms with Gasteiger partial charge in [-0.3, -0.25) is 0 Å². The van der Waals surface area contributed by atoms with Crippen LogP contribution in [0.2, 0.25) is 0 Å². The summed E-state index contributed by atoms with van der Waals surface area (Å²) in [6, 6.07) is 14.2. The van der Waals surface area contributed by atoms with E-state index in [-0.39, 0.29) is 23.0 Å². The zero-order valence-electron chi connectivity index (χ0n) is 13.3. The van der Waals surface area contributed by atoms with Crippen LogP contribution in [-0.2, 0) is 15.3 Å². The Kier molecular flexibility index (Phi) is 3.73. The minimum atomic E-state index is -3.17. The molecule has 5 heteroatoms. The van der Waals surface area contributed by atoms with Crippen LogP contribution in [0.25, 0.3) is 0 Å². The molecule has 1 N–H and O–H groups in total. The Morgan fingerprint density at radius 2 is 1.79 bits per heavy atom. The summed E-state index contributed by atoms with van der Waals surface area (Å²) in [4.78, 5) is 0.435. The van der Waals surface area contributed by atoms with Crippen LogP contribution in [-0.4, -0.2) is 20.7 Å². The number of hydrogen-bond donors (Lipinski definition) is 1. The van der Waals surface area contributed by atoms with E-state index < -0.39 is 9.84 Å². The SMILES string of the molecule is O=S1(=O)CC[C@@H](NCC2(c3ccccc3F)CC2)c2ccccc21. The Balaban J connectivity index is 1.56. The number of halogens is 1. The fourth-order valence-corrected chi connectivity index (χ4v) is 5.33. The van der Waals surface area contributed by atoms with Crippen LogP contribution in [0, 0.1) is 5.82 Å². The Labute approximate surface area is 141 Å². The van der Waals surface area contributed by atoms with Gasteiger partial charge in [0.05, 0.1) is 10.6 Å². The smallest absolute Gasteiger partial charge is 0.178 e. The largest absolute Gasteiger partial charge is 0.309 e. The third kappa shape index (κ3) is 2.66. The summed E-state index contributed by atoms with van der Waals surface area (Å²) in [5.41, 5.74) is 1.47. The van der Waals surface area contributed by atoms with Crippen LogP contribution < -0.4 is 5.32 Å². The molecular weight excluding hydrogens is 325 g/mol. The fourth-order valence-electron chi connectivity index (χ4n) is 3.70. The molecule has 2 aliphatic rings. The molecule has 0 spiro atoms. The van der Waals surface area contributed by atoms with E-state index in [4.69, 9.17) is 0 Å². The zero-order valence-corrected chi connectivity index (χ0v) is 14.2. The first-order chi connectivity index (χ1) is 11.5. The van der Waals surface area contributed by atoms with Gasteiger partial charge in [0.1, 0.15) is 5.82 Å². The van der Waals surface area contributed by atoms with Crippen molar-refractivity contribution in [2.45, 2.75) is 35.6 Å². The maximum atomic E-state index is 14.1. The first-order valence-corrected chi connectivity index (χ1v) is 9.97. The van der Waals surface area contributed by atoms with Crippen molar-refractivity contribution in [3.63, 3.8) is 0 Å². The maximum absolute atomic E-state index is 14.1. The van der Waals surface area contributed by atoms with Crippen molar-refractivity contribution in [1.29, 1.82) is 0 Å². The van der Waals surface area contributed by atoms with E-state index in [9.17, 15) is 12.8 Å². The van der Waals surface area contributed by atoms with E-state index in [1.54, 1.807) is 18.2 Å². The van der Waals surface area contributed by atoms with Crippen LogP contribution in [0.1, 0.15) is 36.4 Å². The lowest BCUT2D eigenvalue weighted by molar-refractivity contribution is 0.450.